The summed E-state index contributed by atoms with van der Waals surface area (Å²) in [7, 11) is 0. The lowest BCUT2D eigenvalue weighted by Gasteiger charge is -2.23. The fourth-order valence-electron chi connectivity index (χ4n) is 1.60. The molecule has 108 valence electrons. The minimum Gasteiger partial charge on any atom is -0.391 e. The zero-order chi connectivity index (χ0) is 14.7. The van der Waals surface area contributed by atoms with Gasteiger partial charge in [-0.05, 0) is 44.9 Å². The third-order valence-corrected chi connectivity index (χ3v) is 2.62. The van der Waals surface area contributed by atoms with E-state index in [0.717, 1.165) is 12.1 Å². The van der Waals surface area contributed by atoms with Crippen molar-refractivity contribution in [2.24, 2.45) is 0 Å². The Morgan fingerprint density at radius 2 is 1.63 bits per heavy atom. The summed E-state index contributed by atoms with van der Waals surface area (Å²) < 4.78 is 37.1. The molecule has 0 amide bonds. The lowest BCUT2D eigenvalue weighted by atomic mass is 10.0. The summed E-state index contributed by atoms with van der Waals surface area (Å²) in [5, 5.41) is 13.0. The van der Waals surface area contributed by atoms with E-state index < -0.39 is 17.8 Å². The summed E-state index contributed by atoms with van der Waals surface area (Å²) in [5.74, 6) is 0. The molecule has 0 spiro atoms. The average molecular weight is 275 g/mol. The SMILES string of the molecule is CC(C)(C)NCC(O)Cc1ccc(C(F)(F)F)cc1. The van der Waals surface area contributed by atoms with E-state index in [1.807, 2.05) is 20.8 Å². The van der Waals surface area contributed by atoms with E-state index in [0.29, 0.717) is 18.5 Å². The quantitative estimate of drug-likeness (QED) is 0.885. The number of β-amino-alcohol motifs (C(OH)–C–C–N with tert-alkyl or cyclic N) is 1. The van der Waals surface area contributed by atoms with E-state index in [1.54, 1.807) is 0 Å². The lowest BCUT2D eigenvalue weighted by molar-refractivity contribution is -0.137. The van der Waals surface area contributed by atoms with Crippen molar-refractivity contribution in [2.45, 2.75) is 45.0 Å². The predicted octanol–water partition coefficient (Wildman–Crippen LogP) is 3.00. The second-order valence-corrected chi connectivity index (χ2v) is 5.68. The molecule has 1 unspecified atom stereocenters. The molecule has 0 bridgehead atoms. The number of hydrogen-bond acceptors (Lipinski definition) is 2. The summed E-state index contributed by atoms with van der Waals surface area (Å²) in [6.07, 6.45) is -4.59. The number of hydrogen-bond donors (Lipinski definition) is 2. The molecule has 1 rings (SSSR count). The molecular formula is C14H20F3NO. The highest BCUT2D eigenvalue weighted by Crippen LogP contribution is 2.29. The fraction of sp³-hybridized carbons (Fsp3) is 0.571. The van der Waals surface area contributed by atoms with Crippen molar-refractivity contribution in [1.29, 1.82) is 0 Å². The third-order valence-electron chi connectivity index (χ3n) is 2.62. The highest BCUT2D eigenvalue weighted by Gasteiger charge is 2.29. The number of halogens is 3. The molecule has 0 fully saturated rings. The van der Waals surface area contributed by atoms with Crippen LogP contribution in [0.4, 0.5) is 13.2 Å². The Morgan fingerprint density at radius 1 is 1.11 bits per heavy atom. The molecule has 1 atom stereocenters. The van der Waals surface area contributed by atoms with E-state index in [-0.39, 0.29) is 5.54 Å². The molecule has 0 aliphatic heterocycles. The molecule has 1 aromatic rings. The normalized spacial score (nSPS) is 14.5. The Hall–Kier alpha value is -1.07. The van der Waals surface area contributed by atoms with E-state index >= 15 is 0 Å². The molecular weight excluding hydrogens is 255 g/mol. The Kier molecular flexibility index (Phi) is 4.98. The maximum Gasteiger partial charge on any atom is 0.416 e. The average Bonchev–Trinajstić information content (AvgIpc) is 2.25. The topological polar surface area (TPSA) is 32.3 Å². The van der Waals surface area contributed by atoms with Crippen molar-refractivity contribution >= 4 is 0 Å². The van der Waals surface area contributed by atoms with Crippen LogP contribution in [-0.2, 0) is 12.6 Å². The minimum atomic E-state index is -4.31. The molecule has 0 aliphatic rings. The van der Waals surface area contributed by atoms with Crippen molar-refractivity contribution in [3.05, 3.63) is 35.4 Å². The number of aliphatic hydroxyl groups excluding tert-OH is 1. The zero-order valence-corrected chi connectivity index (χ0v) is 11.4. The van der Waals surface area contributed by atoms with Gasteiger partial charge in [-0.2, -0.15) is 13.2 Å². The first-order valence-corrected chi connectivity index (χ1v) is 6.17. The monoisotopic (exact) mass is 275 g/mol. The van der Waals surface area contributed by atoms with Gasteiger partial charge >= 0.3 is 6.18 Å². The maximum absolute atomic E-state index is 12.4. The van der Waals surface area contributed by atoms with Crippen molar-refractivity contribution in [1.82, 2.24) is 5.32 Å². The lowest BCUT2D eigenvalue weighted by Crippen LogP contribution is -2.41. The van der Waals surface area contributed by atoms with Crippen molar-refractivity contribution in [3.8, 4) is 0 Å². The first-order chi connectivity index (χ1) is 8.58. The van der Waals surface area contributed by atoms with Crippen LogP contribution >= 0.6 is 0 Å². The van der Waals surface area contributed by atoms with Crippen molar-refractivity contribution in [2.75, 3.05) is 6.54 Å². The smallest absolute Gasteiger partial charge is 0.391 e. The van der Waals surface area contributed by atoms with E-state index in [9.17, 15) is 18.3 Å². The van der Waals surface area contributed by atoms with Crippen molar-refractivity contribution in [3.63, 3.8) is 0 Å². The van der Waals surface area contributed by atoms with Crippen molar-refractivity contribution < 1.29 is 18.3 Å². The molecule has 5 heteroatoms. The van der Waals surface area contributed by atoms with E-state index in [2.05, 4.69) is 5.32 Å². The highest BCUT2D eigenvalue weighted by molar-refractivity contribution is 5.25. The van der Waals surface area contributed by atoms with Gasteiger partial charge in [0, 0.05) is 12.1 Å². The van der Waals surface area contributed by atoms with Crippen LogP contribution in [0.25, 0.3) is 0 Å². The third kappa shape index (κ3) is 6.07. The van der Waals surface area contributed by atoms with Gasteiger partial charge in [0.15, 0.2) is 0 Å². The second-order valence-electron chi connectivity index (χ2n) is 5.68. The molecule has 0 saturated carbocycles. The van der Waals surface area contributed by atoms with Crippen LogP contribution in [0, 0.1) is 0 Å². The summed E-state index contributed by atoms with van der Waals surface area (Å²) in [6, 6.07) is 4.89. The minimum absolute atomic E-state index is 0.0961. The van der Waals surface area contributed by atoms with Gasteiger partial charge < -0.3 is 10.4 Å². The number of alkyl halides is 3. The van der Waals surface area contributed by atoms with Gasteiger partial charge in [-0.3, -0.25) is 0 Å². The molecule has 19 heavy (non-hydrogen) atoms. The van der Waals surface area contributed by atoms with Gasteiger partial charge in [-0.15, -0.1) is 0 Å². The number of benzene rings is 1. The summed E-state index contributed by atoms with van der Waals surface area (Å²) >= 11 is 0. The van der Waals surface area contributed by atoms with Gasteiger partial charge in [0.2, 0.25) is 0 Å². The maximum atomic E-state index is 12.4. The largest absolute Gasteiger partial charge is 0.416 e. The Balaban J connectivity index is 2.54. The number of aliphatic hydroxyl groups is 1. The van der Waals surface area contributed by atoms with Crippen LogP contribution in [0.2, 0.25) is 0 Å². The first-order valence-electron chi connectivity index (χ1n) is 6.17. The molecule has 1 aromatic carbocycles. The van der Waals surface area contributed by atoms with Gasteiger partial charge in [0.25, 0.3) is 0 Å². The van der Waals surface area contributed by atoms with Crippen LogP contribution in [0.3, 0.4) is 0 Å². The van der Waals surface area contributed by atoms with Crippen LogP contribution in [-0.4, -0.2) is 23.3 Å². The van der Waals surface area contributed by atoms with Crippen LogP contribution in [0.5, 0.6) is 0 Å². The van der Waals surface area contributed by atoms with Gasteiger partial charge in [0.1, 0.15) is 0 Å². The van der Waals surface area contributed by atoms with Gasteiger partial charge in [-0.1, -0.05) is 12.1 Å². The summed E-state index contributed by atoms with van der Waals surface area (Å²) in [4.78, 5) is 0. The predicted molar refractivity (Wildman–Crippen MR) is 68.9 cm³/mol. The highest BCUT2D eigenvalue weighted by atomic mass is 19.4. The van der Waals surface area contributed by atoms with E-state index in [4.69, 9.17) is 0 Å². The van der Waals surface area contributed by atoms with Crippen LogP contribution in [0.1, 0.15) is 31.9 Å². The molecule has 0 saturated heterocycles. The number of rotatable bonds is 4. The Morgan fingerprint density at radius 3 is 2.05 bits per heavy atom. The fourth-order valence-corrected chi connectivity index (χ4v) is 1.60. The van der Waals surface area contributed by atoms with E-state index in [1.165, 1.54) is 12.1 Å². The molecule has 0 aliphatic carbocycles. The summed E-state index contributed by atoms with van der Waals surface area (Å²) in [5.41, 5.74) is -0.0732. The second kappa shape index (κ2) is 5.92. The van der Waals surface area contributed by atoms with Crippen LogP contribution in [0.15, 0.2) is 24.3 Å². The molecule has 2 nitrogen and oxygen atoms in total. The zero-order valence-electron chi connectivity index (χ0n) is 11.4. The standard InChI is InChI=1S/C14H20F3NO/c1-13(2,3)18-9-12(19)8-10-4-6-11(7-5-10)14(15,16)17/h4-7,12,18-19H,8-9H2,1-3H3. The molecule has 0 heterocycles. The number of nitrogens with one attached hydrogen (secondary N) is 1. The molecule has 0 radical (unpaired) electrons. The Bertz CT molecular complexity index is 393. The molecule has 2 N–H and O–H groups in total. The Labute approximate surface area is 111 Å². The van der Waals surface area contributed by atoms with Crippen LogP contribution < -0.4 is 5.32 Å². The summed E-state index contributed by atoms with van der Waals surface area (Å²) in [6.45, 7) is 6.36. The van der Waals surface area contributed by atoms with Gasteiger partial charge in [0.05, 0.1) is 11.7 Å². The van der Waals surface area contributed by atoms with Gasteiger partial charge in [-0.25, -0.2) is 0 Å². The molecule has 0 aromatic heterocycles. The first kappa shape index (κ1) is 16.0.